The average Bonchev–Trinajstić information content (AvgIpc) is 2.81. The summed E-state index contributed by atoms with van der Waals surface area (Å²) in [6.45, 7) is 2.23. The van der Waals surface area contributed by atoms with Crippen molar-refractivity contribution in [3.63, 3.8) is 0 Å². The van der Waals surface area contributed by atoms with E-state index < -0.39 is 0 Å². The summed E-state index contributed by atoms with van der Waals surface area (Å²) >= 11 is 6.00. The van der Waals surface area contributed by atoms with Gasteiger partial charge in [0.05, 0.1) is 5.92 Å². The molecule has 1 aromatic rings. The van der Waals surface area contributed by atoms with Gasteiger partial charge in [-0.3, -0.25) is 4.79 Å². The Labute approximate surface area is 100 Å². The van der Waals surface area contributed by atoms with E-state index in [4.69, 9.17) is 11.6 Å². The number of rotatable bonds is 3. The summed E-state index contributed by atoms with van der Waals surface area (Å²) in [4.78, 5) is 11.7. The van der Waals surface area contributed by atoms with Crippen molar-refractivity contribution in [1.29, 1.82) is 0 Å². The number of hydrogen-bond acceptors (Lipinski definition) is 2. The smallest absolute Gasteiger partial charge is 0.224 e. The lowest BCUT2D eigenvalue weighted by atomic mass is 10.1. The number of nitrogens with one attached hydrogen (secondary N) is 2. The van der Waals surface area contributed by atoms with Crippen molar-refractivity contribution in [3.8, 4) is 0 Å². The molecule has 16 heavy (non-hydrogen) atoms. The summed E-state index contributed by atoms with van der Waals surface area (Å²) in [5, 5.41) is 6.80. The first-order valence-electron chi connectivity index (χ1n) is 5.49. The second-order valence-electron chi connectivity index (χ2n) is 4.00. The van der Waals surface area contributed by atoms with E-state index in [9.17, 15) is 4.79 Å². The van der Waals surface area contributed by atoms with E-state index >= 15 is 0 Å². The minimum Gasteiger partial charge on any atom is -0.352 e. The molecule has 0 saturated carbocycles. The Morgan fingerprint density at radius 1 is 1.50 bits per heavy atom. The molecule has 1 aliphatic rings. The lowest BCUT2D eigenvalue weighted by Crippen LogP contribution is -2.31. The lowest BCUT2D eigenvalue weighted by molar-refractivity contribution is -0.124. The van der Waals surface area contributed by atoms with Crippen LogP contribution in [0.25, 0.3) is 0 Å². The predicted molar refractivity (Wildman–Crippen MR) is 64.3 cm³/mol. The first kappa shape index (κ1) is 11.4. The first-order valence-corrected chi connectivity index (χ1v) is 5.87. The summed E-state index contributed by atoms with van der Waals surface area (Å²) in [5.74, 6) is 0.229. The molecule has 3 nitrogen and oxygen atoms in total. The van der Waals surface area contributed by atoms with Crippen molar-refractivity contribution in [1.82, 2.24) is 10.6 Å². The summed E-state index contributed by atoms with van der Waals surface area (Å²) < 4.78 is 0. The van der Waals surface area contributed by atoms with Gasteiger partial charge in [0.1, 0.15) is 0 Å². The quantitative estimate of drug-likeness (QED) is 0.839. The van der Waals surface area contributed by atoms with E-state index in [1.165, 1.54) is 0 Å². The molecule has 0 aromatic heterocycles. The zero-order chi connectivity index (χ0) is 11.4. The lowest BCUT2D eigenvalue weighted by Gasteiger charge is -2.10. The van der Waals surface area contributed by atoms with E-state index in [1.54, 1.807) is 0 Å². The van der Waals surface area contributed by atoms with Gasteiger partial charge in [0, 0.05) is 18.1 Å². The van der Waals surface area contributed by atoms with Gasteiger partial charge < -0.3 is 10.6 Å². The molecule has 1 aromatic carbocycles. The Bertz CT molecular complexity index is 375. The summed E-state index contributed by atoms with van der Waals surface area (Å²) in [6.07, 6.45) is 0.925. The predicted octanol–water partition coefficient (Wildman–Crippen LogP) is 1.57. The van der Waals surface area contributed by atoms with Crippen LogP contribution >= 0.6 is 11.6 Å². The number of amides is 1. The molecule has 0 aliphatic carbocycles. The highest BCUT2D eigenvalue weighted by molar-refractivity contribution is 6.31. The van der Waals surface area contributed by atoms with Crippen LogP contribution in [0.3, 0.4) is 0 Å². The highest BCUT2D eigenvalue weighted by Gasteiger charge is 2.21. The van der Waals surface area contributed by atoms with Gasteiger partial charge in [-0.1, -0.05) is 29.8 Å². The molecule has 0 bridgehead atoms. The van der Waals surface area contributed by atoms with Gasteiger partial charge in [0.15, 0.2) is 0 Å². The van der Waals surface area contributed by atoms with Crippen LogP contribution in [-0.2, 0) is 11.3 Å². The second-order valence-corrected chi connectivity index (χ2v) is 4.41. The van der Waals surface area contributed by atoms with Gasteiger partial charge in [0.25, 0.3) is 0 Å². The van der Waals surface area contributed by atoms with Gasteiger partial charge in [-0.15, -0.1) is 0 Å². The molecule has 0 radical (unpaired) electrons. The molecule has 0 spiro atoms. The molecule has 1 aliphatic heterocycles. The topological polar surface area (TPSA) is 41.1 Å². The normalized spacial score (nSPS) is 19.7. The van der Waals surface area contributed by atoms with Crippen LogP contribution in [0.4, 0.5) is 0 Å². The maximum Gasteiger partial charge on any atom is 0.224 e. The minimum absolute atomic E-state index is 0.113. The van der Waals surface area contributed by atoms with E-state index in [0.29, 0.717) is 11.6 Å². The Kier molecular flexibility index (Phi) is 3.80. The van der Waals surface area contributed by atoms with Crippen molar-refractivity contribution in [2.45, 2.75) is 13.0 Å². The Morgan fingerprint density at radius 3 is 3.00 bits per heavy atom. The third kappa shape index (κ3) is 2.74. The summed E-state index contributed by atoms with van der Waals surface area (Å²) in [7, 11) is 0. The number of carbonyl (C=O) groups is 1. The molecular weight excluding hydrogens is 224 g/mol. The molecule has 86 valence electrons. The molecule has 1 amide bonds. The molecule has 2 rings (SSSR count). The van der Waals surface area contributed by atoms with E-state index in [-0.39, 0.29) is 11.8 Å². The zero-order valence-electron chi connectivity index (χ0n) is 9.00. The summed E-state index contributed by atoms with van der Waals surface area (Å²) in [5.41, 5.74) is 0.962. The van der Waals surface area contributed by atoms with E-state index in [1.807, 2.05) is 24.3 Å². The Balaban J connectivity index is 1.87. The molecule has 1 fully saturated rings. The zero-order valence-corrected chi connectivity index (χ0v) is 9.76. The van der Waals surface area contributed by atoms with E-state index in [0.717, 1.165) is 25.1 Å². The summed E-state index contributed by atoms with van der Waals surface area (Å²) in [6, 6.07) is 7.56. The monoisotopic (exact) mass is 238 g/mol. The molecule has 1 saturated heterocycles. The number of carbonyl (C=O) groups excluding carboxylic acids is 1. The SMILES string of the molecule is O=C(NCc1ccccc1Cl)C1CCNC1. The van der Waals surface area contributed by atoms with Gasteiger partial charge in [-0.2, -0.15) is 0 Å². The average molecular weight is 239 g/mol. The largest absolute Gasteiger partial charge is 0.352 e. The molecule has 4 heteroatoms. The highest BCUT2D eigenvalue weighted by atomic mass is 35.5. The molecular formula is C12H15ClN2O. The number of benzene rings is 1. The maximum atomic E-state index is 11.7. The standard InChI is InChI=1S/C12H15ClN2O/c13-11-4-2-1-3-9(11)8-15-12(16)10-5-6-14-7-10/h1-4,10,14H,5-8H2,(H,15,16). The van der Waals surface area contributed by atoms with Crippen LogP contribution in [-0.4, -0.2) is 19.0 Å². The third-order valence-electron chi connectivity index (χ3n) is 2.84. The van der Waals surface area contributed by atoms with Crippen molar-refractivity contribution < 1.29 is 4.79 Å². The van der Waals surface area contributed by atoms with Crippen molar-refractivity contribution in [3.05, 3.63) is 34.9 Å². The first-order chi connectivity index (χ1) is 7.77. The van der Waals surface area contributed by atoms with Gasteiger partial charge in [0.2, 0.25) is 5.91 Å². The minimum atomic E-state index is 0.113. The Morgan fingerprint density at radius 2 is 2.31 bits per heavy atom. The van der Waals surface area contributed by atoms with Crippen LogP contribution < -0.4 is 10.6 Å². The molecule has 1 heterocycles. The van der Waals surface area contributed by atoms with Gasteiger partial charge >= 0.3 is 0 Å². The fourth-order valence-corrected chi connectivity index (χ4v) is 2.05. The van der Waals surface area contributed by atoms with Crippen LogP contribution in [0.5, 0.6) is 0 Å². The van der Waals surface area contributed by atoms with Crippen LogP contribution in [0.1, 0.15) is 12.0 Å². The van der Waals surface area contributed by atoms with Crippen LogP contribution in [0.15, 0.2) is 24.3 Å². The fraction of sp³-hybridized carbons (Fsp3) is 0.417. The molecule has 1 unspecified atom stereocenters. The number of halogens is 1. The second kappa shape index (κ2) is 5.32. The van der Waals surface area contributed by atoms with E-state index in [2.05, 4.69) is 10.6 Å². The molecule has 1 atom stereocenters. The van der Waals surface area contributed by atoms with Gasteiger partial charge in [-0.25, -0.2) is 0 Å². The van der Waals surface area contributed by atoms with Crippen molar-refractivity contribution in [2.75, 3.05) is 13.1 Å². The number of hydrogen-bond donors (Lipinski definition) is 2. The maximum absolute atomic E-state index is 11.7. The Hall–Kier alpha value is -1.06. The van der Waals surface area contributed by atoms with Gasteiger partial charge in [-0.05, 0) is 24.6 Å². The van der Waals surface area contributed by atoms with Crippen molar-refractivity contribution in [2.24, 2.45) is 5.92 Å². The highest BCUT2D eigenvalue weighted by Crippen LogP contribution is 2.15. The van der Waals surface area contributed by atoms with Crippen molar-refractivity contribution >= 4 is 17.5 Å². The molecule has 2 N–H and O–H groups in total. The van der Waals surface area contributed by atoms with Crippen LogP contribution in [0, 0.1) is 5.92 Å². The fourth-order valence-electron chi connectivity index (χ4n) is 1.85. The third-order valence-corrected chi connectivity index (χ3v) is 3.21. The van der Waals surface area contributed by atoms with Crippen LogP contribution in [0.2, 0.25) is 5.02 Å².